The lowest BCUT2D eigenvalue weighted by molar-refractivity contribution is 0.637. The average Bonchev–Trinajstić information content (AvgIpc) is 2.47. The Morgan fingerprint density at radius 3 is 2.86 bits per heavy atom. The van der Waals surface area contributed by atoms with Crippen LogP contribution in [0.4, 0.5) is 10.3 Å². The lowest BCUT2D eigenvalue weighted by Crippen LogP contribution is -1.98. The first kappa shape index (κ1) is 8.99. The number of nitrogen functional groups attached to an aromatic ring is 1. The lowest BCUT2D eigenvalue weighted by atomic mass is 10.1. The number of nitrogens with two attached hydrogens (primary N) is 1. The molecule has 1 heterocycles. The van der Waals surface area contributed by atoms with Crippen molar-refractivity contribution in [3.8, 4) is 0 Å². The van der Waals surface area contributed by atoms with Gasteiger partial charge in [0.25, 0.3) is 0 Å². The second-order valence-corrected chi connectivity index (χ2v) is 3.29. The van der Waals surface area contributed by atoms with E-state index in [1.807, 2.05) is 6.92 Å². The summed E-state index contributed by atoms with van der Waals surface area (Å²) in [4.78, 5) is 3.99. The molecule has 0 unspecified atom stereocenters. The molecule has 0 amide bonds. The first-order valence-electron chi connectivity index (χ1n) is 4.54. The summed E-state index contributed by atoms with van der Waals surface area (Å²) in [6.45, 7) is 2.02. The number of fused-ring (bicyclic) bond motifs is 1. The van der Waals surface area contributed by atoms with E-state index in [0.29, 0.717) is 11.5 Å². The Labute approximate surface area is 81.4 Å². The molecule has 0 aliphatic heterocycles. The third-order valence-corrected chi connectivity index (χ3v) is 2.47. The van der Waals surface area contributed by atoms with Crippen LogP contribution in [-0.2, 0) is 13.5 Å². The summed E-state index contributed by atoms with van der Waals surface area (Å²) in [5, 5.41) is 0. The van der Waals surface area contributed by atoms with E-state index < -0.39 is 0 Å². The van der Waals surface area contributed by atoms with Gasteiger partial charge in [-0.2, -0.15) is 0 Å². The number of nitrogens with zero attached hydrogens (tertiary/aromatic N) is 2. The average molecular weight is 193 g/mol. The number of anilines is 1. The van der Waals surface area contributed by atoms with Crippen LogP contribution in [-0.4, -0.2) is 9.55 Å². The minimum atomic E-state index is -0.315. The van der Waals surface area contributed by atoms with Crippen molar-refractivity contribution in [1.82, 2.24) is 9.55 Å². The molecule has 1 aromatic heterocycles. The van der Waals surface area contributed by atoms with Crippen LogP contribution in [0.5, 0.6) is 0 Å². The number of aryl methyl sites for hydroxylation is 2. The predicted molar refractivity (Wildman–Crippen MR) is 54.5 cm³/mol. The predicted octanol–water partition coefficient (Wildman–Crippen LogP) is 1.86. The molecule has 1 aromatic carbocycles. The Morgan fingerprint density at radius 2 is 2.21 bits per heavy atom. The smallest absolute Gasteiger partial charge is 0.201 e. The van der Waals surface area contributed by atoms with E-state index in [2.05, 4.69) is 4.98 Å². The molecule has 0 fully saturated rings. The van der Waals surface area contributed by atoms with Crippen LogP contribution < -0.4 is 5.73 Å². The van der Waals surface area contributed by atoms with Crippen LogP contribution in [0.3, 0.4) is 0 Å². The molecule has 0 saturated carbocycles. The van der Waals surface area contributed by atoms with E-state index in [-0.39, 0.29) is 5.82 Å². The third-order valence-electron chi connectivity index (χ3n) is 2.47. The quantitative estimate of drug-likeness (QED) is 0.751. The zero-order valence-electron chi connectivity index (χ0n) is 8.21. The van der Waals surface area contributed by atoms with Crippen LogP contribution in [0.25, 0.3) is 11.0 Å². The number of hydrogen-bond acceptors (Lipinski definition) is 2. The summed E-state index contributed by atoms with van der Waals surface area (Å²) in [6.07, 6.45) is 0.843. The van der Waals surface area contributed by atoms with Crippen molar-refractivity contribution in [2.75, 3.05) is 5.73 Å². The summed E-state index contributed by atoms with van der Waals surface area (Å²) in [5.74, 6) is 0.0318. The number of benzene rings is 1. The first-order chi connectivity index (χ1) is 6.65. The Balaban J connectivity index is 2.92. The summed E-state index contributed by atoms with van der Waals surface area (Å²) in [5.41, 5.74) is 7.85. The summed E-state index contributed by atoms with van der Waals surface area (Å²) < 4.78 is 15.1. The van der Waals surface area contributed by atoms with Gasteiger partial charge in [-0.05, 0) is 18.1 Å². The molecule has 3 nitrogen and oxygen atoms in total. The molecule has 0 atom stereocenters. The highest BCUT2D eigenvalue weighted by Crippen LogP contribution is 2.23. The van der Waals surface area contributed by atoms with E-state index in [1.165, 1.54) is 6.07 Å². The van der Waals surface area contributed by atoms with Gasteiger partial charge in [0.2, 0.25) is 5.95 Å². The number of hydrogen-bond donors (Lipinski definition) is 1. The highest BCUT2D eigenvalue weighted by Gasteiger charge is 2.12. The van der Waals surface area contributed by atoms with Gasteiger partial charge in [0, 0.05) is 7.05 Å². The van der Waals surface area contributed by atoms with Gasteiger partial charge in [0.15, 0.2) is 5.82 Å². The normalized spacial score (nSPS) is 11.1. The molecule has 0 radical (unpaired) electrons. The molecular weight excluding hydrogens is 181 g/mol. The lowest BCUT2D eigenvalue weighted by Gasteiger charge is -2.02. The van der Waals surface area contributed by atoms with Gasteiger partial charge in [-0.15, -0.1) is 0 Å². The number of rotatable bonds is 1. The van der Waals surface area contributed by atoms with E-state index in [0.717, 1.165) is 17.5 Å². The molecule has 2 N–H and O–H groups in total. The fourth-order valence-corrected chi connectivity index (χ4v) is 1.67. The number of imidazole rings is 1. The Morgan fingerprint density at radius 1 is 1.50 bits per heavy atom. The van der Waals surface area contributed by atoms with Crippen molar-refractivity contribution < 1.29 is 4.39 Å². The van der Waals surface area contributed by atoms with Gasteiger partial charge in [0.1, 0.15) is 5.52 Å². The zero-order valence-corrected chi connectivity index (χ0v) is 8.21. The van der Waals surface area contributed by atoms with Crippen LogP contribution in [0.1, 0.15) is 12.5 Å². The molecule has 4 heteroatoms. The maximum absolute atomic E-state index is 13.4. The minimum absolute atomic E-state index is 0.315. The fourth-order valence-electron chi connectivity index (χ4n) is 1.67. The summed E-state index contributed by atoms with van der Waals surface area (Å²) >= 11 is 0. The molecule has 0 aliphatic rings. The van der Waals surface area contributed by atoms with Gasteiger partial charge in [0.05, 0.1) is 5.52 Å². The molecule has 0 spiro atoms. The highest BCUT2D eigenvalue weighted by molar-refractivity contribution is 5.82. The molecule has 74 valence electrons. The van der Waals surface area contributed by atoms with E-state index >= 15 is 0 Å². The van der Waals surface area contributed by atoms with Crippen LogP contribution in [0.2, 0.25) is 0 Å². The fraction of sp³-hybridized carbons (Fsp3) is 0.300. The van der Waals surface area contributed by atoms with Gasteiger partial charge in [-0.25, -0.2) is 9.37 Å². The topological polar surface area (TPSA) is 43.8 Å². The molecule has 14 heavy (non-hydrogen) atoms. The Bertz CT molecular complexity index is 488. The molecule has 0 aliphatic carbocycles. The third kappa shape index (κ3) is 1.07. The van der Waals surface area contributed by atoms with Gasteiger partial charge >= 0.3 is 0 Å². The van der Waals surface area contributed by atoms with Gasteiger partial charge in [-0.3, -0.25) is 0 Å². The van der Waals surface area contributed by atoms with Crippen LogP contribution >= 0.6 is 0 Å². The SMILES string of the molecule is CCc1ccc(F)c2nc(N)n(C)c12. The van der Waals surface area contributed by atoms with Crippen molar-refractivity contribution in [1.29, 1.82) is 0 Å². The van der Waals surface area contributed by atoms with Gasteiger partial charge < -0.3 is 10.3 Å². The maximum Gasteiger partial charge on any atom is 0.201 e. The zero-order chi connectivity index (χ0) is 10.3. The Kier molecular flexibility index (Phi) is 1.91. The van der Waals surface area contributed by atoms with E-state index in [4.69, 9.17) is 5.73 Å². The second kappa shape index (κ2) is 2.97. The van der Waals surface area contributed by atoms with Crippen LogP contribution in [0.15, 0.2) is 12.1 Å². The summed E-state index contributed by atoms with van der Waals surface area (Å²) in [6, 6.07) is 3.21. The highest BCUT2D eigenvalue weighted by atomic mass is 19.1. The summed E-state index contributed by atoms with van der Waals surface area (Å²) in [7, 11) is 1.79. The van der Waals surface area contributed by atoms with E-state index in [1.54, 1.807) is 17.7 Å². The first-order valence-corrected chi connectivity index (χ1v) is 4.54. The van der Waals surface area contributed by atoms with Gasteiger partial charge in [-0.1, -0.05) is 13.0 Å². The van der Waals surface area contributed by atoms with Crippen molar-refractivity contribution in [3.05, 3.63) is 23.5 Å². The van der Waals surface area contributed by atoms with Crippen molar-refractivity contribution in [3.63, 3.8) is 0 Å². The molecular formula is C10H12FN3. The monoisotopic (exact) mass is 193 g/mol. The van der Waals surface area contributed by atoms with Crippen molar-refractivity contribution in [2.45, 2.75) is 13.3 Å². The van der Waals surface area contributed by atoms with E-state index in [9.17, 15) is 4.39 Å². The second-order valence-electron chi connectivity index (χ2n) is 3.29. The minimum Gasteiger partial charge on any atom is -0.369 e. The number of halogens is 1. The molecule has 2 rings (SSSR count). The van der Waals surface area contributed by atoms with Crippen molar-refractivity contribution >= 4 is 17.0 Å². The van der Waals surface area contributed by atoms with Crippen LogP contribution in [0, 0.1) is 5.82 Å². The standard InChI is InChI=1S/C10H12FN3/c1-3-6-4-5-7(11)8-9(6)14(2)10(12)13-8/h4-5H,3H2,1-2H3,(H2,12,13). The Hall–Kier alpha value is -1.58. The molecule has 0 bridgehead atoms. The number of aromatic nitrogens is 2. The molecule has 0 saturated heterocycles. The molecule has 2 aromatic rings. The van der Waals surface area contributed by atoms with Crippen molar-refractivity contribution in [2.24, 2.45) is 7.05 Å². The largest absolute Gasteiger partial charge is 0.369 e. The maximum atomic E-state index is 13.4.